The minimum atomic E-state index is -1.18. The summed E-state index contributed by atoms with van der Waals surface area (Å²) >= 11 is 5.80. The Balaban J connectivity index is 2.47. The number of carboxylic acids is 1. The molecular formula is C15H20ClNO3. The Kier molecular flexibility index (Phi) is 5.57. The van der Waals surface area contributed by atoms with Crippen molar-refractivity contribution in [3.8, 4) is 0 Å². The molecule has 0 spiro atoms. The van der Waals surface area contributed by atoms with Crippen molar-refractivity contribution >= 4 is 23.5 Å². The lowest BCUT2D eigenvalue weighted by Crippen LogP contribution is -2.50. The van der Waals surface area contributed by atoms with Gasteiger partial charge in [0, 0.05) is 18.5 Å². The van der Waals surface area contributed by atoms with Gasteiger partial charge >= 0.3 is 5.97 Å². The Morgan fingerprint density at radius 1 is 1.25 bits per heavy atom. The smallest absolute Gasteiger partial charge is 0.329 e. The quantitative estimate of drug-likeness (QED) is 0.878. The van der Waals surface area contributed by atoms with E-state index >= 15 is 0 Å². The van der Waals surface area contributed by atoms with Crippen LogP contribution < -0.4 is 0 Å². The Morgan fingerprint density at radius 3 is 2.30 bits per heavy atom. The van der Waals surface area contributed by atoms with Gasteiger partial charge in [0.1, 0.15) is 5.54 Å². The largest absolute Gasteiger partial charge is 0.480 e. The minimum Gasteiger partial charge on any atom is -0.480 e. The number of amides is 1. The van der Waals surface area contributed by atoms with E-state index in [1.807, 2.05) is 24.3 Å². The summed E-state index contributed by atoms with van der Waals surface area (Å²) < 4.78 is 0. The molecular weight excluding hydrogens is 278 g/mol. The first kappa shape index (κ1) is 16.5. The van der Waals surface area contributed by atoms with Crippen LogP contribution in [0.15, 0.2) is 24.3 Å². The molecule has 0 aliphatic heterocycles. The van der Waals surface area contributed by atoms with Gasteiger partial charge in [-0.1, -0.05) is 23.7 Å². The topological polar surface area (TPSA) is 57.6 Å². The second kappa shape index (κ2) is 6.75. The molecule has 0 saturated carbocycles. The van der Waals surface area contributed by atoms with Crippen LogP contribution in [0, 0.1) is 0 Å². The summed E-state index contributed by atoms with van der Waals surface area (Å²) in [7, 11) is 1.53. The molecule has 0 aliphatic carbocycles. The van der Waals surface area contributed by atoms with Crippen molar-refractivity contribution in [1.29, 1.82) is 0 Å². The molecule has 1 rings (SSSR count). The van der Waals surface area contributed by atoms with Crippen LogP contribution in [0.3, 0.4) is 0 Å². The van der Waals surface area contributed by atoms with Gasteiger partial charge in [-0.15, -0.1) is 0 Å². The lowest BCUT2D eigenvalue weighted by atomic mass is 10.0. The molecule has 4 nitrogen and oxygen atoms in total. The van der Waals surface area contributed by atoms with Crippen LogP contribution in [-0.4, -0.2) is 34.5 Å². The molecule has 0 unspecified atom stereocenters. The normalized spacial score (nSPS) is 11.2. The van der Waals surface area contributed by atoms with Crippen molar-refractivity contribution in [3.63, 3.8) is 0 Å². The zero-order chi connectivity index (χ0) is 15.3. The summed E-state index contributed by atoms with van der Waals surface area (Å²) in [5.74, 6) is -1.17. The zero-order valence-electron chi connectivity index (χ0n) is 12.0. The van der Waals surface area contributed by atoms with Crippen LogP contribution in [0.2, 0.25) is 5.02 Å². The molecule has 1 aromatic carbocycles. The van der Waals surface area contributed by atoms with Crippen molar-refractivity contribution in [2.75, 3.05) is 7.05 Å². The zero-order valence-corrected chi connectivity index (χ0v) is 12.8. The van der Waals surface area contributed by atoms with Crippen LogP contribution in [0.1, 0.15) is 32.3 Å². The molecule has 0 fully saturated rings. The molecule has 110 valence electrons. The molecule has 1 amide bonds. The van der Waals surface area contributed by atoms with E-state index in [-0.39, 0.29) is 5.91 Å². The number of hydrogen-bond acceptors (Lipinski definition) is 2. The van der Waals surface area contributed by atoms with Crippen LogP contribution in [0.4, 0.5) is 0 Å². The standard InChI is InChI=1S/C15H20ClNO3/c1-15(2,14(19)20)17(3)13(18)6-4-5-11-7-9-12(16)10-8-11/h7-10H,4-6H2,1-3H3,(H,19,20). The summed E-state index contributed by atoms with van der Waals surface area (Å²) in [6, 6.07) is 7.49. The van der Waals surface area contributed by atoms with Gasteiger partial charge < -0.3 is 10.0 Å². The number of rotatable bonds is 6. The molecule has 0 aromatic heterocycles. The lowest BCUT2D eigenvalue weighted by molar-refractivity contribution is -0.155. The Bertz CT molecular complexity index is 482. The fourth-order valence-electron chi connectivity index (χ4n) is 1.72. The van der Waals surface area contributed by atoms with Crippen molar-refractivity contribution in [2.45, 2.75) is 38.6 Å². The van der Waals surface area contributed by atoms with Gasteiger partial charge in [0.25, 0.3) is 0 Å². The maximum absolute atomic E-state index is 12.0. The maximum Gasteiger partial charge on any atom is 0.329 e. The third-order valence-corrected chi connectivity index (χ3v) is 3.76. The molecule has 1 aromatic rings. The Hall–Kier alpha value is -1.55. The van der Waals surface area contributed by atoms with Gasteiger partial charge in [0.2, 0.25) is 5.91 Å². The predicted octanol–water partition coefficient (Wildman–Crippen LogP) is 2.98. The van der Waals surface area contributed by atoms with Gasteiger partial charge in [-0.2, -0.15) is 0 Å². The second-order valence-corrected chi connectivity index (χ2v) is 5.73. The molecule has 20 heavy (non-hydrogen) atoms. The van der Waals surface area contributed by atoms with E-state index in [9.17, 15) is 9.59 Å². The summed E-state index contributed by atoms with van der Waals surface area (Å²) in [5.41, 5.74) is -0.0699. The number of nitrogens with zero attached hydrogens (tertiary/aromatic N) is 1. The van der Waals surface area contributed by atoms with Gasteiger partial charge in [-0.3, -0.25) is 4.79 Å². The molecule has 1 N–H and O–H groups in total. The van der Waals surface area contributed by atoms with Crippen molar-refractivity contribution < 1.29 is 14.7 Å². The molecule has 5 heteroatoms. The Morgan fingerprint density at radius 2 is 1.80 bits per heavy atom. The number of likely N-dealkylation sites (N-methyl/N-ethyl adjacent to an activating group) is 1. The number of aliphatic carboxylic acids is 1. The first-order chi connectivity index (χ1) is 9.25. The first-order valence-electron chi connectivity index (χ1n) is 6.49. The second-order valence-electron chi connectivity index (χ2n) is 5.30. The average Bonchev–Trinajstić information content (AvgIpc) is 2.39. The number of carbonyl (C=O) groups excluding carboxylic acids is 1. The van der Waals surface area contributed by atoms with Gasteiger partial charge in [-0.25, -0.2) is 4.79 Å². The highest BCUT2D eigenvalue weighted by molar-refractivity contribution is 6.30. The summed E-state index contributed by atoms with van der Waals surface area (Å²) in [6.45, 7) is 3.04. The summed E-state index contributed by atoms with van der Waals surface area (Å²) in [5, 5.41) is 9.77. The van der Waals surface area contributed by atoms with E-state index in [4.69, 9.17) is 16.7 Å². The van der Waals surface area contributed by atoms with E-state index in [0.29, 0.717) is 17.9 Å². The summed E-state index contributed by atoms with van der Waals surface area (Å²) in [6.07, 6.45) is 1.78. The molecule has 0 radical (unpaired) electrons. The SMILES string of the molecule is CN(C(=O)CCCc1ccc(Cl)cc1)C(C)(C)C(=O)O. The third-order valence-electron chi connectivity index (χ3n) is 3.51. The maximum atomic E-state index is 12.0. The lowest BCUT2D eigenvalue weighted by Gasteiger charge is -2.31. The fraction of sp³-hybridized carbons (Fsp3) is 0.467. The molecule has 0 atom stereocenters. The van der Waals surface area contributed by atoms with Gasteiger partial charge in [0.15, 0.2) is 0 Å². The van der Waals surface area contributed by atoms with Crippen LogP contribution >= 0.6 is 11.6 Å². The van der Waals surface area contributed by atoms with Crippen molar-refractivity contribution in [3.05, 3.63) is 34.9 Å². The average molecular weight is 298 g/mol. The summed E-state index contributed by atoms with van der Waals surface area (Å²) in [4.78, 5) is 24.4. The van der Waals surface area contributed by atoms with Gasteiger partial charge in [0.05, 0.1) is 0 Å². The minimum absolute atomic E-state index is 0.161. The van der Waals surface area contributed by atoms with Crippen LogP contribution in [0.25, 0.3) is 0 Å². The van der Waals surface area contributed by atoms with Crippen molar-refractivity contribution in [1.82, 2.24) is 4.90 Å². The Labute approximate surface area is 124 Å². The van der Waals surface area contributed by atoms with Crippen molar-refractivity contribution in [2.24, 2.45) is 0 Å². The van der Waals surface area contributed by atoms with E-state index in [1.165, 1.54) is 25.8 Å². The van der Waals surface area contributed by atoms with E-state index in [0.717, 1.165) is 12.0 Å². The number of carbonyl (C=O) groups is 2. The van der Waals surface area contributed by atoms with E-state index < -0.39 is 11.5 Å². The number of halogens is 1. The van der Waals surface area contributed by atoms with Crippen LogP contribution in [-0.2, 0) is 16.0 Å². The number of hydrogen-bond donors (Lipinski definition) is 1. The highest BCUT2D eigenvalue weighted by Gasteiger charge is 2.34. The fourth-order valence-corrected chi connectivity index (χ4v) is 1.84. The molecule has 0 aliphatic rings. The number of benzene rings is 1. The monoisotopic (exact) mass is 297 g/mol. The van der Waals surface area contributed by atoms with E-state index in [1.54, 1.807) is 0 Å². The number of carboxylic acid groups (broad SMARTS) is 1. The molecule has 0 heterocycles. The van der Waals surface area contributed by atoms with E-state index in [2.05, 4.69) is 0 Å². The molecule has 0 saturated heterocycles. The first-order valence-corrected chi connectivity index (χ1v) is 6.87. The number of aryl methyl sites for hydroxylation is 1. The predicted molar refractivity (Wildman–Crippen MR) is 78.9 cm³/mol. The van der Waals surface area contributed by atoms with Crippen LogP contribution in [0.5, 0.6) is 0 Å². The molecule has 0 bridgehead atoms. The third kappa shape index (κ3) is 4.23. The highest BCUT2D eigenvalue weighted by atomic mass is 35.5. The van der Waals surface area contributed by atoms with Gasteiger partial charge in [-0.05, 0) is 44.4 Å². The highest BCUT2D eigenvalue weighted by Crippen LogP contribution is 2.16.